The van der Waals surface area contributed by atoms with Gasteiger partial charge in [-0.15, -0.1) is 10.2 Å². The normalized spacial score (nSPS) is 13.6. The molecule has 3 aromatic heterocycles. The van der Waals surface area contributed by atoms with Crippen molar-refractivity contribution in [2.45, 2.75) is 44.3 Å². The molecule has 158 valence electrons. The maximum Gasteiger partial charge on any atom is 0.192 e. The first-order valence-corrected chi connectivity index (χ1v) is 11.5. The summed E-state index contributed by atoms with van der Waals surface area (Å²) in [5, 5.41) is 9.58. The number of aromatic nitrogens is 4. The minimum Gasteiger partial charge on any atom is -0.467 e. The van der Waals surface area contributed by atoms with E-state index in [1.54, 1.807) is 6.26 Å². The number of furan rings is 1. The van der Waals surface area contributed by atoms with Crippen molar-refractivity contribution in [2.75, 3.05) is 5.75 Å². The molecule has 1 aromatic carbocycles. The van der Waals surface area contributed by atoms with Crippen LogP contribution in [0.1, 0.15) is 52.1 Å². The van der Waals surface area contributed by atoms with Crippen LogP contribution in [0.25, 0.3) is 5.69 Å². The smallest absolute Gasteiger partial charge is 0.192 e. The van der Waals surface area contributed by atoms with Gasteiger partial charge in [0.25, 0.3) is 0 Å². The van der Waals surface area contributed by atoms with E-state index in [0.717, 1.165) is 52.2 Å². The molecule has 0 N–H and O–H groups in total. The van der Waals surface area contributed by atoms with Gasteiger partial charge in [0.2, 0.25) is 0 Å². The largest absolute Gasteiger partial charge is 0.467 e. The number of nitrogens with zero attached hydrogens (tertiary/aromatic N) is 4. The van der Waals surface area contributed by atoms with Gasteiger partial charge in [0.05, 0.1) is 18.6 Å². The van der Waals surface area contributed by atoms with E-state index in [0.29, 0.717) is 18.2 Å². The first-order chi connectivity index (χ1) is 15.1. The topological polar surface area (TPSA) is 65.8 Å². The summed E-state index contributed by atoms with van der Waals surface area (Å²) in [4.78, 5) is 13.1. The van der Waals surface area contributed by atoms with Gasteiger partial charge in [0.15, 0.2) is 10.9 Å². The highest BCUT2D eigenvalue weighted by Crippen LogP contribution is 2.40. The third kappa shape index (κ3) is 3.97. The number of para-hydroxylation sites is 1. The van der Waals surface area contributed by atoms with Gasteiger partial charge in [-0.05, 0) is 57.0 Å². The van der Waals surface area contributed by atoms with E-state index < -0.39 is 0 Å². The van der Waals surface area contributed by atoms with E-state index in [1.807, 2.05) is 50.2 Å². The van der Waals surface area contributed by atoms with Crippen molar-refractivity contribution in [3.05, 3.63) is 83.3 Å². The summed E-state index contributed by atoms with van der Waals surface area (Å²) in [6.45, 7) is 4.62. The van der Waals surface area contributed by atoms with Crippen LogP contribution in [0, 0.1) is 13.8 Å². The second kappa shape index (κ2) is 8.23. The fourth-order valence-corrected chi connectivity index (χ4v) is 4.81. The molecule has 7 heteroatoms. The Morgan fingerprint density at radius 2 is 1.94 bits per heavy atom. The average Bonchev–Trinajstić information content (AvgIpc) is 3.20. The second-order valence-electron chi connectivity index (χ2n) is 7.95. The van der Waals surface area contributed by atoms with Gasteiger partial charge in [-0.2, -0.15) is 0 Å². The molecule has 0 bridgehead atoms. The van der Waals surface area contributed by atoms with Crippen molar-refractivity contribution in [3.63, 3.8) is 0 Å². The van der Waals surface area contributed by atoms with Crippen molar-refractivity contribution < 1.29 is 9.21 Å². The minimum atomic E-state index is 0.0980. The molecule has 1 aliphatic rings. The number of thioether (sulfide) groups is 1. The number of hydrogen-bond acceptors (Lipinski definition) is 5. The van der Waals surface area contributed by atoms with Crippen LogP contribution in [0.4, 0.5) is 0 Å². The highest BCUT2D eigenvalue weighted by atomic mass is 32.2. The standard InChI is InChI=1S/C24H24N4O2S/c1-16-13-21(17(2)28(16)19-7-4-3-5-8-19)22(29)15-31-24-26-25-23(18-10-11-18)27(24)14-20-9-6-12-30-20/h3-9,12-13,18H,10-11,14-15H2,1-2H3. The van der Waals surface area contributed by atoms with Gasteiger partial charge in [-0.25, -0.2) is 0 Å². The first kappa shape index (κ1) is 19.9. The molecule has 1 aliphatic carbocycles. The van der Waals surface area contributed by atoms with Crippen LogP contribution in [0.5, 0.6) is 0 Å². The van der Waals surface area contributed by atoms with E-state index in [9.17, 15) is 4.79 Å². The Bertz CT molecular complexity index is 1200. The fourth-order valence-electron chi connectivity index (χ4n) is 3.98. The average molecular weight is 433 g/mol. The molecule has 0 atom stereocenters. The van der Waals surface area contributed by atoms with Crippen LogP contribution >= 0.6 is 11.8 Å². The number of rotatable bonds is 8. The number of carbonyl (C=O) groups excluding carboxylic acids is 1. The molecule has 5 rings (SSSR count). The Kier molecular flexibility index (Phi) is 5.28. The van der Waals surface area contributed by atoms with E-state index in [-0.39, 0.29) is 5.78 Å². The molecule has 0 saturated heterocycles. The Hall–Kier alpha value is -3.06. The SMILES string of the molecule is Cc1cc(C(=O)CSc2nnc(C3CC3)n2Cc2ccco2)c(C)n1-c1ccccc1. The van der Waals surface area contributed by atoms with Crippen LogP contribution in [0.2, 0.25) is 0 Å². The molecule has 31 heavy (non-hydrogen) atoms. The van der Waals surface area contributed by atoms with Gasteiger partial charge < -0.3 is 8.98 Å². The van der Waals surface area contributed by atoms with Crippen LogP contribution in [0.15, 0.2) is 64.4 Å². The summed E-state index contributed by atoms with van der Waals surface area (Å²) < 4.78 is 9.76. The highest BCUT2D eigenvalue weighted by molar-refractivity contribution is 7.99. The molecule has 4 aromatic rings. The van der Waals surface area contributed by atoms with Crippen LogP contribution < -0.4 is 0 Å². The summed E-state index contributed by atoms with van der Waals surface area (Å²) in [6, 6.07) is 15.9. The van der Waals surface area contributed by atoms with E-state index in [4.69, 9.17) is 4.42 Å². The predicted octanol–water partition coefficient (Wildman–Crippen LogP) is 5.18. The number of Topliss-reactive ketones (excluding diaryl/α,β-unsaturated/α-hetero) is 1. The Labute approximate surface area is 185 Å². The highest BCUT2D eigenvalue weighted by Gasteiger charge is 2.31. The Morgan fingerprint density at radius 1 is 1.13 bits per heavy atom. The molecule has 1 fully saturated rings. The third-order valence-electron chi connectivity index (χ3n) is 5.66. The number of hydrogen-bond donors (Lipinski definition) is 0. The molecule has 6 nitrogen and oxygen atoms in total. The molecule has 0 radical (unpaired) electrons. The van der Waals surface area contributed by atoms with E-state index in [2.05, 4.69) is 31.5 Å². The number of ketones is 1. The monoisotopic (exact) mass is 432 g/mol. The van der Waals surface area contributed by atoms with Crippen molar-refractivity contribution in [2.24, 2.45) is 0 Å². The lowest BCUT2D eigenvalue weighted by Crippen LogP contribution is -2.08. The van der Waals surface area contributed by atoms with Gasteiger partial charge in [0, 0.05) is 28.6 Å². The Balaban J connectivity index is 1.36. The zero-order valence-electron chi connectivity index (χ0n) is 17.6. The number of carbonyl (C=O) groups is 1. The molecular weight excluding hydrogens is 408 g/mol. The number of benzene rings is 1. The maximum absolute atomic E-state index is 13.1. The molecule has 1 saturated carbocycles. The summed E-state index contributed by atoms with van der Waals surface area (Å²) >= 11 is 1.45. The van der Waals surface area contributed by atoms with Crippen molar-refractivity contribution >= 4 is 17.5 Å². The van der Waals surface area contributed by atoms with Gasteiger partial charge >= 0.3 is 0 Å². The van der Waals surface area contributed by atoms with Gasteiger partial charge in [0.1, 0.15) is 11.6 Å². The summed E-state index contributed by atoms with van der Waals surface area (Å²) in [7, 11) is 0. The van der Waals surface area contributed by atoms with Gasteiger partial charge in [-0.1, -0.05) is 30.0 Å². The summed E-state index contributed by atoms with van der Waals surface area (Å²) in [6.07, 6.45) is 3.96. The summed E-state index contributed by atoms with van der Waals surface area (Å²) in [5.41, 5.74) is 3.84. The molecule has 0 amide bonds. The molecular formula is C24H24N4O2S. The third-order valence-corrected chi connectivity index (χ3v) is 6.63. The summed E-state index contributed by atoms with van der Waals surface area (Å²) in [5.74, 6) is 2.74. The maximum atomic E-state index is 13.1. The predicted molar refractivity (Wildman–Crippen MR) is 120 cm³/mol. The quantitative estimate of drug-likeness (QED) is 0.284. The van der Waals surface area contributed by atoms with Crippen LogP contribution in [-0.2, 0) is 6.54 Å². The lowest BCUT2D eigenvalue weighted by Gasteiger charge is -2.10. The molecule has 0 unspecified atom stereocenters. The second-order valence-corrected chi connectivity index (χ2v) is 8.89. The lowest BCUT2D eigenvalue weighted by molar-refractivity contribution is 0.102. The van der Waals surface area contributed by atoms with E-state index in [1.165, 1.54) is 11.8 Å². The first-order valence-electron chi connectivity index (χ1n) is 10.5. The molecule has 3 heterocycles. The zero-order valence-corrected chi connectivity index (χ0v) is 18.4. The number of aryl methyl sites for hydroxylation is 1. The van der Waals surface area contributed by atoms with Crippen LogP contribution in [0.3, 0.4) is 0 Å². The van der Waals surface area contributed by atoms with Crippen molar-refractivity contribution in [1.29, 1.82) is 0 Å². The lowest BCUT2D eigenvalue weighted by atomic mass is 10.2. The zero-order chi connectivity index (χ0) is 21.4. The van der Waals surface area contributed by atoms with E-state index >= 15 is 0 Å². The fraction of sp³-hybridized carbons (Fsp3) is 0.292. The molecule has 0 aliphatic heterocycles. The van der Waals surface area contributed by atoms with Crippen molar-refractivity contribution in [3.8, 4) is 5.69 Å². The van der Waals surface area contributed by atoms with Crippen molar-refractivity contribution in [1.82, 2.24) is 19.3 Å². The Morgan fingerprint density at radius 3 is 2.65 bits per heavy atom. The minimum absolute atomic E-state index is 0.0980. The van der Waals surface area contributed by atoms with Gasteiger partial charge in [-0.3, -0.25) is 9.36 Å². The van der Waals surface area contributed by atoms with Crippen LogP contribution in [-0.4, -0.2) is 30.9 Å². The molecule has 0 spiro atoms.